The fraction of sp³-hybridized carbons (Fsp3) is 0.286. The molecule has 96 valence electrons. The summed E-state index contributed by atoms with van der Waals surface area (Å²) in [7, 11) is 0. The molecule has 0 aliphatic carbocycles. The number of nitrogen functional groups attached to an aromatic ring is 2. The van der Waals surface area contributed by atoms with Crippen molar-refractivity contribution in [3.63, 3.8) is 0 Å². The molecule has 0 saturated heterocycles. The topological polar surface area (TPSA) is 77.2 Å². The van der Waals surface area contributed by atoms with Crippen LogP contribution in [0, 0.1) is 0 Å². The maximum atomic E-state index is 5.77. The number of furan rings is 1. The van der Waals surface area contributed by atoms with Crippen molar-refractivity contribution in [1.29, 1.82) is 0 Å². The van der Waals surface area contributed by atoms with Gasteiger partial charge in [0.05, 0.1) is 17.6 Å². The summed E-state index contributed by atoms with van der Waals surface area (Å²) in [4.78, 5) is 0. The minimum Gasteiger partial charge on any atom is -0.469 e. The molecular weight excluding hydrogens is 226 g/mol. The van der Waals surface area contributed by atoms with Gasteiger partial charge < -0.3 is 21.2 Å². The lowest BCUT2D eigenvalue weighted by Crippen LogP contribution is -2.16. The van der Waals surface area contributed by atoms with Crippen LogP contribution in [0.3, 0.4) is 0 Å². The second-order valence-corrected chi connectivity index (χ2v) is 4.51. The van der Waals surface area contributed by atoms with Crippen molar-refractivity contribution in [2.45, 2.75) is 25.8 Å². The smallest absolute Gasteiger partial charge is 0.103 e. The van der Waals surface area contributed by atoms with Crippen LogP contribution in [0.4, 0.5) is 17.1 Å². The molecule has 2 rings (SSSR count). The Morgan fingerprint density at radius 2 is 2.06 bits per heavy atom. The van der Waals surface area contributed by atoms with E-state index in [9.17, 15) is 0 Å². The number of hydrogen-bond donors (Lipinski definition) is 3. The van der Waals surface area contributed by atoms with Crippen LogP contribution in [0.15, 0.2) is 41.0 Å². The number of anilines is 3. The molecule has 0 spiro atoms. The summed E-state index contributed by atoms with van der Waals surface area (Å²) in [5.41, 5.74) is 13.7. The van der Waals surface area contributed by atoms with E-state index in [-0.39, 0.29) is 0 Å². The third-order valence-electron chi connectivity index (χ3n) is 2.90. The highest BCUT2D eigenvalue weighted by atomic mass is 16.3. The van der Waals surface area contributed by atoms with Gasteiger partial charge in [0.1, 0.15) is 5.76 Å². The maximum Gasteiger partial charge on any atom is 0.103 e. The molecule has 18 heavy (non-hydrogen) atoms. The monoisotopic (exact) mass is 245 g/mol. The van der Waals surface area contributed by atoms with Gasteiger partial charge in [-0.25, -0.2) is 0 Å². The van der Waals surface area contributed by atoms with Gasteiger partial charge >= 0.3 is 0 Å². The molecule has 4 nitrogen and oxygen atoms in total. The van der Waals surface area contributed by atoms with E-state index in [0.717, 1.165) is 24.3 Å². The quantitative estimate of drug-likeness (QED) is 0.708. The van der Waals surface area contributed by atoms with E-state index in [1.807, 2.05) is 30.3 Å². The van der Waals surface area contributed by atoms with Crippen LogP contribution in [-0.2, 0) is 6.42 Å². The summed E-state index contributed by atoms with van der Waals surface area (Å²) < 4.78 is 5.30. The fourth-order valence-corrected chi connectivity index (χ4v) is 1.83. The third kappa shape index (κ3) is 3.20. The van der Waals surface area contributed by atoms with Crippen molar-refractivity contribution in [2.24, 2.45) is 0 Å². The van der Waals surface area contributed by atoms with E-state index in [2.05, 4.69) is 12.2 Å². The average Bonchev–Trinajstić information content (AvgIpc) is 2.84. The predicted molar refractivity (Wildman–Crippen MR) is 75.4 cm³/mol. The first-order chi connectivity index (χ1) is 8.65. The van der Waals surface area contributed by atoms with E-state index in [1.165, 1.54) is 0 Å². The molecule has 0 bridgehead atoms. The lowest BCUT2D eigenvalue weighted by Gasteiger charge is -2.15. The van der Waals surface area contributed by atoms with E-state index in [4.69, 9.17) is 15.9 Å². The highest BCUT2D eigenvalue weighted by Gasteiger charge is 2.05. The Bertz CT molecular complexity index is 494. The van der Waals surface area contributed by atoms with E-state index >= 15 is 0 Å². The molecule has 0 fully saturated rings. The van der Waals surface area contributed by atoms with Crippen molar-refractivity contribution in [1.82, 2.24) is 0 Å². The largest absolute Gasteiger partial charge is 0.469 e. The minimum absolute atomic E-state index is 0.345. The van der Waals surface area contributed by atoms with Crippen LogP contribution in [0.2, 0.25) is 0 Å². The Labute approximate surface area is 107 Å². The average molecular weight is 245 g/mol. The number of benzene rings is 1. The van der Waals surface area contributed by atoms with Gasteiger partial charge in [0, 0.05) is 18.2 Å². The van der Waals surface area contributed by atoms with Crippen LogP contribution in [0.25, 0.3) is 0 Å². The highest BCUT2D eigenvalue weighted by molar-refractivity contribution is 5.69. The molecule has 0 aliphatic rings. The molecule has 0 amide bonds. The van der Waals surface area contributed by atoms with Crippen molar-refractivity contribution in [3.8, 4) is 0 Å². The van der Waals surface area contributed by atoms with Crippen molar-refractivity contribution in [3.05, 3.63) is 42.4 Å². The van der Waals surface area contributed by atoms with Crippen LogP contribution >= 0.6 is 0 Å². The van der Waals surface area contributed by atoms with Crippen LogP contribution < -0.4 is 16.8 Å². The van der Waals surface area contributed by atoms with Gasteiger partial charge in [-0.15, -0.1) is 0 Å². The van der Waals surface area contributed by atoms with Gasteiger partial charge in [-0.3, -0.25) is 0 Å². The van der Waals surface area contributed by atoms with E-state index < -0.39 is 0 Å². The standard InChI is InChI=1S/C14H19N3O/c1-10(4-6-12-3-2-8-18-12)17-11-5-7-13(15)14(16)9-11/h2-3,5,7-10,17H,4,6,15-16H2,1H3. The van der Waals surface area contributed by atoms with Crippen molar-refractivity contribution < 1.29 is 4.42 Å². The molecule has 1 heterocycles. The van der Waals surface area contributed by atoms with Gasteiger partial charge in [0.2, 0.25) is 0 Å². The molecule has 2 aromatic rings. The van der Waals surface area contributed by atoms with Gasteiger partial charge in [0.15, 0.2) is 0 Å². The van der Waals surface area contributed by atoms with Gasteiger partial charge in [-0.1, -0.05) is 0 Å². The zero-order valence-corrected chi connectivity index (χ0v) is 10.5. The summed E-state index contributed by atoms with van der Waals surface area (Å²) in [5.74, 6) is 1.01. The van der Waals surface area contributed by atoms with E-state index in [0.29, 0.717) is 17.4 Å². The first kappa shape index (κ1) is 12.4. The van der Waals surface area contributed by atoms with Crippen molar-refractivity contribution in [2.75, 3.05) is 16.8 Å². The normalized spacial score (nSPS) is 12.3. The molecule has 0 aliphatic heterocycles. The lowest BCUT2D eigenvalue weighted by molar-refractivity contribution is 0.495. The predicted octanol–water partition coefficient (Wildman–Crippen LogP) is 2.88. The van der Waals surface area contributed by atoms with Crippen molar-refractivity contribution >= 4 is 17.1 Å². The summed E-state index contributed by atoms with van der Waals surface area (Å²) >= 11 is 0. The molecule has 4 heteroatoms. The molecule has 5 N–H and O–H groups in total. The number of rotatable bonds is 5. The first-order valence-corrected chi connectivity index (χ1v) is 6.09. The zero-order chi connectivity index (χ0) is 13.0. The summed E-state index contributed by atoms with van der Waals surface area (Å²) in [6, 6.07) is 9.87. The number of aryl methyl sites for hydroxylation is 1. The molecule has 1 unspecified atom stereocenters. The molecule has 1 aromatic carbocycles. The minimum atomic E-state index is 0.345. The number of hydrogen-bond acceptors (Lipinski definition) is 4. The van der Waals surface area contributed by atoms with Crippen LogP contribution in [0.1, 0.15) is 19.1 Å². The van der Waals surface area contributed by atoms with Gasteiger partial charge in [0.25, 0.3) is 0 Å². The summed E-state index contributed by atoms with van der Waals surface area (Å²) in [6.45, 7) is 2.13. The molecule has 0 radical (unpaired) electrons. The highest BCUT2D eigenvalue weighted by Crippen LogP contribution is 2.20. The second kappa shape index (κ2) is 5.49. The molecular formula is C14H19N3O. The number of nitrogens with one attached hydrogen (secondary N) is 1. The molecule has 0 saturated carbocycles. The first-order valence-electron chi connectivity index (χ1n) is 6.09. The molecule has 1 aromatic heterocycles. The Morgan fingerprint density at radius 1 is 1.22 bits per heavy atom. The number of nitrogens with two attached hydrogens (primary N) is 2. The Kier molecular flexibility index (Phi) is 3.77. The van der Waals surface area contributed by atoms with E-state index in [1.54, 1.807) is 6.26 Å². The Morgan fingerprint density at radius 3 is 2.72 bits per heavy atom. The summed E-state index contributed by atoms with van der Waals surface area (Å²) in [5, 5.41) is 3.40. The zero-order valence-electron chi connectivity index (χ0n) is 10.5. The second-order valence-electron chi connectivity index (χ2n) is 4.51. The van der Waals surface area contributed by atoms with Gasteiger partial charge in [-0.2, -0.15) is 0 Å². The molecule has 1 atom stereocenters. The Balaban J connectivity index is 1.86. The maximum absolute atomic E-state index is 5.77. The van der Waals surface area contributed by atoms with Gasteiger partial charge in [-0.05, 0) is 43.7 Å². The third-order valence-corrected chi connectivity index (χ3v) is 2.90. The van der Waals surface area contributed by atoms with Crippen LogP contribution in [0.5, 0.6) is 0 Å². The fourth-order valence-electron chi connectivity index (χ4n) is 1.83. The lowest BCUT2D eigenvalue weighted by atomic mass is 10.1. The Hall–Kier alpha value is -2.10. The summed E-state index contributed by atoms with van der Waals surface area (Å²) in [6.07, 6.45) is 3.62. The SMILES string of the molecule is CC(CCc1ccco1)Nc1ccc(N)c(N)c1. The van der Waals surface area contributed by atoms with Crippen LogP contribution in [-0.4, -0.2) is 6.04 Å².